The summed E-state index contributed by atoms with van der Waals surface area (Å²) in [4.78, 5) is 0. The summed E-state index contributed by atoms with van der Waals surface area (Å²) in [6.07, 6.45) is 5.88. The second-order valence-electron chi connectivity index (χ2n) is 5.29. The Kier molecular flexibility index (Phi) is 4.09. The molecule has 0 atom stereocenters. The number of halogens is 1. The Morgan fingerprint density at radius 1 is 1.17 bits per heavy atom. The monoisotopic (exact) mass is 259 g/mol. The zero-order valence-corrected chi connectivity index (χ0v) is 11.5. The van der Waals surface area contributed by atoms with Crippen LogP contribution >= 0.6 is 11.6 Å². The van der Waals surface area contributed by atoms with Gasteiger partial charge in [-0.2, -0.15) is 5.26 Å². The average Bonchev–Trinajstić information content (AvgIpc) is 2.41. The molecule has 1 aromatic rings. The summed E-state index contributed by atoms with van der Waals surface area (Å²) in [6, 6.07) is 12.0. The van der Waals surface area contributed by atoms with Crippen molar-refractivity contribution in [1.29, 1.82) is 5.26 Å². The summed E-state index contributed by atoms with van der Waals surface area (Å²) in [5.41, 5.74) is 1.55. The van der Waals surface area contributed by atoms with E-state index < -0.39 is 0 Å². The van der Waals surface area contributed by atoms with Crippen molar-refractivity contribution in [3.05, 3.63) is 40.9 Å². The van der Waals surface area contributed by atoms with Gasteiger partial charge in [-0.1, -0.05) is 68.1 Å². The summed E-state index contributed by atoms with van der Waals surface area (Å²) in [6.45, 7) is 2.19. The summed E-state index contributed by atoms with van der Waals surface area (Å²) >= 11 is 6.56. The summed E-state index contributed by atoms with van der Waals surface area (Å²) in [5, 5.41) is 10.1. The van der Waals surface area contributed by atoms with Gasteiger partial charge in [-0.25, -0.2) is 0 Å². The highest BCUT2D eigenvalue weighted by Gasteiger charge is 2.32. The van der Waals surface area contributed by atoms with Crippen molar-refractivity contribution in [2.45, 2.75) is 39.0 Å². The van der Waals surface area contributed by atoms with Gasteiger partial charge >= 0.3 is 0 Å². The normalized spacial score (nSPS) is 19.8. The number of hydrogen-bond acceptors (Lipinski definition) is 1. The maximum atomic E-state index is 9.40. The summed E-state index contributed by atoms with van der Waals surface area (Å²) in [5.74, 6) is 0. The van der Waals surface area contributed by atoms with Crippen LogP contribution in [-0.2, 0) is 0 Å². The Hall–Kier alpha value is -1.26. The molecule has 0 saturated heterocycles. The van der Waals surface area contributed by atoms with Gasteiger partial charge in [-0.3, -0.25) is 0 Å². The van der Waals surface area contributed by atoms with E-state index in [1.54, 1.807) is 0 Å². The summed E-state index contributed by atoms with van der Waals surface area (Å²) in [7, 11) is 0. The number of benzene rings is 1. The van der Waals surface area contributed by atoms with Crippen LogP contribution < -0.4 is 0 Å². The van der Waals surface area contributed by atoms with E-state index in [4.69, 9.17) is 11.6 Å². The maximum absolute atomic E-state index is 9.40. The lowest BCUT2D eigenvalue weighted by Crippen LogP contribution is -2.21. The Balaban J connectivity index is 2.41. The molecule has 1 nitrogen and oxygen atoms in total. The second-order valence-corrected chi connectivity index (χ2v) is 5.67. The van der Waals surface area contributed by atoms with E-state index >= 15 is 0 Å². The average molecular weight is 260 g/mol. The third-order valence-corrected chi connectivity index (χ3v) is 4.53. The molecule has 0 aliphatic heterocycles. The van der Waals surface area contributed by atoms with Gasteiger partial charge in [-0.15, -0.1) is 0 Å². The van der Waals surface area contributed by atoms with Crippen molar-refractivity contribution >= 4 is 17.2 Å². The Morgan fingerprint density at radius 3 is 2.33 bits per heavy atom. The number of rotatable bonds is 2. The first-order valence-electron chi connectivity index (χ1n) is 6.53. The van der Waals surface area contributed by atoms with Gasteiger partial charge in [0.25, 0.3) is 0 Å². The van der Waals surface area contributed by atoms with Crippen LogP contribution in [0.25, 0.3) is 5.57 Å². The molecule has 1 aliphatic carbocycles. The quantitative estimate of drug-likeness (QED) is 0.676. The standard InChI is InChI=1S/C16H18ClN/c1-16(10-6-3-7-11-16)15(17)14(12-18)13-8-4-2-5-9-13/h2,4-5,8-9H,3,6-7,10-11H2,1H3/b15-14+. The van der Waals surface area contributed by atoms with Crippen LogP contribution in [0.1, 0.15) is 44.6 Å². The van der Waals surface area contributed by atoms with E-state index in [0.29, 0.717) is 5.57 Å². The predicted molar refractivity (Wildman–Crippen MR) is 76.0 cm³/mol. The molecule has 0 heterocycles. The molecule has 1 fully saturated rings. The summed E-state index contributed by atoms with van der Waals surface area (Å²) < 4.78 is 0. The Morgan fingerprint density at radius 2 is 1.78 bits per heavy atom. The first kappa shape index (κ1) is 13.2. The van der Waals surface area contributed by atoms with E-state index in [1.165, 1.54) is 19.3 Å². The SMILES string of the molecule is CC1(/C(Cl)=C(/C#N)c2ccccc2)CCCCC1. The van der Waals surface area contributed by atoms with Crippen molar-refractivity contribution in [1.82, 2.24) is 0 Å². The van der Waals surface area contributed by atoms with Crippen molar-refractivity contribution in [2.24, 2.45) is 5.41 Å². The van der Waals surface area contributed by atoms with E-state index in [1.807, 2.05) is 30.3 Å². The minimum atomic E-state index is -0.0132. The lowest BCUT2D eigenvalue weighted by atomic mass is 9.74. The molecule has 2 heteroatoms. The molecule has 1 aromatic carbocycles. The van der Waals surface area contributed by atoms with Crippen molar-refractivity contribution < 1.29 is 0 Å². The fourth-order valence-corrected chi connectivity index (χ4v) is 3.04. The fraction of sp³-hybridized carbons (Fsp3) is 0.438. The Bertz CT molecular complexity index is 476. The minimum Gasteiger partial charge on any atom is -0.192 e. The molecule has 18 heavy (non-hydrogen) atoms. The predicted octanol–water partition coefficient (Wildman–Crippen LogP) is 5.13. The fourth-order valence-electron chi connectivity index (χ4n) is 2.70. The highest BCUT2D eigenvalue weighted by molar-refractivity contribution is 6.34. The molecule has 2 rings (SSSR count). The maximum Gasteiger partial charge on any atom is 0.101 e. The van der Waals surface area contributed by atoms with Crippen molar-refractivity contribution in [2.75, 3.05) is 0 Å². The lowest BCUT2D eigenvalue weighted by molar-refractivity contribution is 0.280. The number of nitriles is 1. The molecule has 0 N–H and O–H groups in total. The van der Waals surface area contributed by atoms with Crippen molar-refractivity contribution in [3.63, 3.8) is 0 Å². The molecule has 0 spiro atoms. The van der Waals surface area contributed by atoms with Crippen LogP contribution in [0.3, 0.4) is 0 Å². The third kappa shape index (κ3) is 2.60. The van der Waals surface area contributed by atoms with E-state index in [2.05, 4.69) is 13.0 Å². The van der Waals surface area contributed by atoms with E-state index in [0.717, 1.165) is 23.4 Å². The largest absolute Gasteiger partial charge is 0.192 e. The smallest absolute Gasteiger partial charge is 0.101 e. The molecule has 0 amide bonds. The van der Waals surface area contributed by atoms with Crippen LogP contribution in [0.2, 0.25) is 0 Å². The molecular formula is C16H18ClN. The molecule has 94 valence electrons. The first-order valence-corrected chi connectivity index (χ1v) is 6.91. The number of nitrogens with zero attached hydrogens (tertiary/aromatic N) is 1. The van der Waals surface area contributed by atoms with Gasteiger partial charge in [0.2, 0.25) is 0 Å². The van der Waals surface area contributed by atoms with Crippen LogP contribution in [0.15, 0.2) is 35.4 Å². The van der Waals surface area contributed by atoms with Crippen LogP contribution in [0, 0.1) is 16.7 Å². The van der Waals surface area contributed by atoms with Gasteiger partial charge < -0.3 is 0 Å². The number of hydrogen-bond donors (Lipinski definition) is 0. The van der Waals surface area contributed by atoms with Crippen LogP contribution in [0.4, 0.5) is 0 Å². The molecule has 0 aromatic heterocycles. The Labute approximate surface area is 114 Å². The molecular weight excluding hydrogens is 242 g/mol. The van der Waals surface area contributed by atoms with Gasteiger partial charge in [0.15, 0.2) is 0 Å². The molecule has 0 unspecified atom stereocenters. The molecule has 0 radical (unpaired) electrons. The van der Waals surface area contributed by atoms with Gasteiger partial charge in [0.1, 0.15) is 6.07 Å². The van der Waals surface area contributed by atoms with Gasteiger partial charge in [-0.05, 0) is 18.4 Å². The minimum absolute atomic E-state index is 0.0132. The zero-order valence-electron chi connectivity index (χ0n) is 10.7. The lowest BCUT2D eigenvalue weighted by Gasteiger charge is -2.33. The topological polar surface area (TPSA) is 23.8 Å². The molecule has 0 bridgehead atoms. The highest BCUT2D eigenvalue weighted by atomic mass is 35.5. The van der Waals surface area contributed by atoms with Crippen LogP contribution in [0.5, 0.6) is 0 Å². The molecule has 1 saturated carbocycles. The van der Waals surface area contributed by atoms with Gasteiger partial charge in [0.05, 0.1) is 5.57 Å². The van der Waals surface area contributed by atoms with E-state index in [9.17, 15) is 5.26 Å². The second kappa shape index (κ2) is 5.59. The molecule has 1 aliphatic rings. The van der Waals surface area contributed by atoms with Crippen molar-refractivity contribution in [3.8, 4) is 6.07 Å². The van der Waals surface area contributed by atoms with Crippen LogP contribution in [-0.4, -0.2) is 0 Å². The third-order valence-electron chi connectivity index (χ3n) is 3.88. The highest BCUT2D eigenvalue weighted by Crippen LogP contribution is 2.46. The van der Waals surface area contributed by atoms with E-state index in [-0.39, 0.29) is 5.41 Å². The number of allylic oxidation sites excluding steroid dienone is 2. The zero-order chi connectivity index (χ0) is 13.0. The first-order chi connectivity index (χ1) is 8.67. The van der Waals surface area contributed by atoms with Gasteiger partial charge in [0, 0.05) is 10.4 Å².